The van der Waals surface area contributed by atoms with Gasteiger partial charge in [-0.3, -0.25) is 19.7 Å². The second-order valence-electron chi connectivity index (χ2n) is 7.92. The number of carbonyl (C=O) groups excluding carboxylic acids is 3. The summed E-state index contributed by atoms with van der Waals surface area (Å²) in [6, 6.07) is 0. The van der Waals surface area contributed by atoms with Crippen LogP contribution in [0.25, 0.3) is 6.08 Å². The Morgan fingerprint density at radius 2 is 2.08 bits per heavy atom. The Hall–Kier alpha value is -3.70. The summed E-state index contributed by atoms with van der Waals surface area (Å²) in [6.07, 6.45) is 12.9. The number of ketones is 1. The van der Waals surface area contributed by atoms with Gasteiger partial charge in [-0.15, -0.1) is 11.3 Å². The molecule has 194 valence electrons. The van der Waals surface area contributed by atoms with E-state index in [0.717, 1.165) is 36.4 Å². The van der Waals surface area contributed by atoms with Crippen molar-refractivity contribution < 1.29 is 19.1 Å². The SMILES string of the molecule is C=C/C=C(\C=C)CCCCN(CC)C(=O)C1C=Cc2c(nsc2C(=O)C(=O)Nc2nccs2)N=C1OC. The molecule has 37 heavy (non-hydrogen) atoms. The molecule has 1 N–H and O–H groups in total. The molecule has 0 bridgehead atoms. The molecule has 1 atom stereocenters. The molecule has 2 amide bonds. The molecule has 0 aromatic carbocycles. The summed E-state index contributed by atoms with van der Waals surface area (Å²) in [7, 11) is 1.44. The molecular weight excluding hydrogens is 510 g/mol. The summed E-state index contributed by atoms with van der Waals surface area (Å²) in [5, 5.41) is 4.50. The first-order valence-electron chi connectivity index (χ1n) is 11.7. The summed E-state index contributed by atoms with van der Waals surface area (Å²) < 4.78 is 9.70. The van der Waals surface area contributed by atoms with E-state index in [1.165, 1.54) is 24.6 Å². The Kier molecular flexibility index (Phi) is 10.2. The first-order chi connectivity index (χ1) is 17.9. The van der Waals surface area contributed by atoms with Gasteiger partial charge in [-0.05, 0) is 43.3 Å². The molecule has 0 saturated heterocycles. The number of amides is 2. The van der Waals surface area contributed by atoms with Gasteiger partial charge in [0, 0.05) is 30.2 Å². The van der Waals surface area contributed by atoms with Crippen molar-refractivity contribution in [2.45, 2.75) is 26.2 Å². The second kappa shape index (κ2) is 13.6. The zero-order valence-corrected chi connectivity index (χ0v) is 22.4. The van der Waals surface area contributed by atoms with E-state index in [2.05, 4.69) is 32.8 Å². The van der Waals surface area contributed by atoms with Crippen LogP contribution in [-0.4, -0.2) is 58.0 Å². The highest BCUT2D eigenvalue weighted by atomic mass is 32.1. The highest BCUT2D eigenvalue weighted by Crippen LogP contribution is 2.32. The van der Waals surface area contributed by atoms with Crippen molar-refractivity contribution in [1.29, 1.82) is 0 Å². The topological polar surface area (TPSA) is 114 Å². The number of hydrogen-bond donors (Lipinski definition) is 1. The molecule has 3 rings (SSSR count). The van der Waals surface area contributed by atoms with Crippen LogP contribution in [0.4, 0.5) is 10.9 Å². The highest BCUT2D eigenvalue weighted by molar-refractivity contribution is 7.14. The van der Waals surface area contributed by atoms with E-state index in [9.17, 15) is 14.4 Å². The van der Waals surface area contributed by atoms with Crippen LogP contribution >= 0.6 is 22.9 Å². The number of unbranched alkanes of at least 4 members (excludes halogenated alkanes) is 1. The number of hydrogen-bond acceptors (Lipinski definition) is 9. The molecule has 1 unspecified atom stereocenters. The van der Waals surface area contributed by atoms with Gasteiger partial charge >= 0.3 is 0 Å². The quantitative estimate of drug-likeness (QED) is 0.175. The number of aromatic nitrogens is 2. The molecule has 2 aromatic rings. The number of nitrogens with one attached hydrogen (secondary N) is 1. The van der Waals surface area contributed by atoms with Crippen LogP contribution in [0.3, 0.4) is 0 Å². The largest absolute Gasteiger partial charge is 0.483 e. The fourth-order valence-electron chi connectivity index (χ4n) is 3.69. The lowest BCUT2D eigenvalue weighted by Crippen LogP contribution is -2.39. The van der Waals surface area contributed by atoms with E-state index in [1.807, 2.05) is 19.1 Å². The van der Waals surface area contributed by atoms with E-state index in [-0.39, 0.29) is 22.5 Å². The van der Waals surface area contributed by atoms with Gasteiger partial charge in [-0.25, -0.2) is 4.98 Å². The molecule has 2 aromatic heterocycles. The van der Waals surface area contributed by atoms with Gasteiger partial charge in [0.05, 0.1) is 7.11 Å². The molecule has 1 aliphatic heterocycles. The minimum atomic E-state index is -0.817. The average molecular weight is 540 g/mol. The van der Waals surface area contributed by atoms with E-state index in [4.69, 9.17) is 4.74 Å². The number of methoxy groups -OCH3 is 1. The third-order valence-electron chi connectivity index (χ3n) is 5.62. The number of ether oxygens (including phenoxy) is 1. The van der Waals surface area contributed by atoms with E-state index in [0.29, 0.717) is 23.8 Å². The summed E-state index contributed by atoms with van der Waals surface area (Å²) >= 11 is 2.08. The molecule has 9 nitrogen and oxygen atoms in total. The van der Waals surface area contributed by atoms with Crippen molar-refractivity contribution in [3.63, 3.8) is 0 Å². The van der Waals surface area contributed by atoms with Gasteiger partial charge in [0.25, 0.3) is 11.7 Å². The average Bonchev–Trinajstić information content (AvgIpc) is 3.52. The number of anilines is 1. The van der Waals surface area contributed by atoms with Gasteiger partial charge in [0.15, 0.2) is 10.9 Å². The van der Waals surface area contributed by atoms with Crippen LogP contribution < -0.4 is 5.32 Å². The summed E-state index contributed by atoms with van der Waals surface area (Å²) in [4.78, 5) is 49.0. The van der Waals surface area contributed by atoms with Crippen LogP contribution in [0.2, 0.25) is 0 Å². The number of thiazole rings is 1. The smallest absolute Gasteiger partial charge is 0.299 e. The summed E-state index contributed by atoms with van der Waals surface area (Å²) in [6.45, 7) is 10.6. The Morgan fingerprint density at radius 1 is 1.27 bits per heavy atom. The molecule has 0 saturated carbocycles. The third-order valence-corrected chi connectivity index (χ3v) is 7.16. The Bertz CT molecular complexity index is 1240. The van der Waals surface area contributed by atoms with Crippen LogP contribution in [-0.2, 0) is 14.3 Å². The fraction of sp³-hybridized carbons (Fsp3) is 0.308. The second-order valence-corrected chi connectivity index (χ2v) is 9.58. The van der Waals surface area contributed by atoms with Gasteiger partial charge in [0.1, 0.15) is 10.8 Å². The molecule has 0 spiro atoms. The van der Waals surface area contributed by atoms with Crippen molar-refractivity contribution in [2.75, 3.05) is 25.5 Å². The number of aliphatic imine (C=N–C) groups is 1. The van der Waals surface area contributed by atoms with Gasteiger partial charge in [-0.2, -0.15) is 9.37 Å². The van der Waals surface area contributed by atoms with Crippen molar-refractivity contribution in [2.24, 2.45) is 10.9 Å². The predicted octanol–water partition coefficient (Wildman–Crippen LogP) is 5.06. The predicted molar refractivity (Wildman–Crippen MR) is 148 cm³/mol. The number of allylic oxidation sites excluding steroid dienone is 4. The van der Waals surface area contributed by atoms with E-state index >= 15 is 0 Å². The Labute approximate surface area is 224 Å². The maximum Gasteiger partial charge on any atom is 0.299 e. The van der Waals surface area contributed by atoms with Crippen LogP contribution in [0.15, 0.2) is 59.6 Å². The highest BCUT2D eigenvalue weighted by Gasteiger charge is 2.32. The molecule has 0 fully saturated rings. The zero-order chi connectivity index (χ0) is 26.8. The van der Waals surface area contributed by atoms with Crippen molar-refractivity contribution in [3.8, 4) is 0 Å². The van der Waals surface area contributed by atoms with Crippen LogP contribution in [0.5, 0.6) is 0 Å². The maximum atomic E-state index is 13.4. The Balaban J connectivity index is 1.73. The number of nitrogens with zero attached hydrogens (tertiary/aromatic N) is 4. The van der Waals surface area contributed by atoms with Gasteiger partial charge < -0.3 is 9.64 Å². The number of fused-ring (bicyclic) bond motifs is 1. The number of carbonyl (C=O) groups is 3. The first-order valence-corrected chi connectivity index (χ1v) is 13.4. The minimum Gasteiger partial charge on any atom is -0.483 e. The number of rotatable bonds is 12. The van der Waals surface area contributed by atoms with Crippen molar-refractivity contribution in [1.82, 2.24) is 14.3 Å². The summed E-state index contributed by atoms with van der Waals surface area (Å²) in [5.74, 6) is -2.10. The van der Waals surface area contributed by atoms with E-state index < -0.39 is 17.6 Å². The summed E-state index contributed by atoms with van der Waals surface area (Å²) in [5.41, 5.74) is 1.48. The number of Topliss-reactive ketones (excluding diaryl/α,β-unsaturated/α-hetero) is 1. The van der Waals surface area contributed by atoms with Crippen molar-refractivity contribution >= 4 is 63.4 Å². The molecule has 0 aliphatic carbocycles. The van der Waals surface area contributed by atoms with Gasteiger partial charge in [-0.1, -0.05) is 43.5 Å². The first kappa shape index (κ1) is 27.9. The third kappa shape index (κ3) is 6.95. The molecule has 1 aliphatic rings. The molecule has 0 radical (unpaired) electrons. The van der Waals surface area contributed by atoms with E-state index in [1.54, 1.807) is 28.5 Å². The molecule has 11 heteroatoms. The molecular formula is C26H29N5O4S2. The lowest BCUT2D eigenvalue weighted by molar-refractivity contribution is -0.132. The minimum absolute atomic E-state index is 0.130. The Morgan fingerprint density at radius 3 is 2.73 bits per heavy atom. The lowest BCUT2D eigenvalue weighted by atomic mass is 10.0. The fourth-order valence-corrected chi connectivity index (χ4v) is 4.97. The van der Waals surface area contributed by atoms with Crippen LogP contribution in [0.1, 0.15) is 41.4 Å². The molecule has 3 heterocycles. The normalized spacial score (nSPS) is 14.7. The maximum absolute atomic E-state index is 13.4. The standard InChI is InChI=1S/C26H29N5O4S2/c1-5-10-17(6-2)11-8-9-15-31(7-3)25(34)19-13-12-18-21(37-30-22(18)28-24(19)35-4)20(32)23(33)29-26-27-14-16-36-26/h5-6,10,12-14,16,19H,1-2,7-9,11,15H2,3-4H3,(H,27,29,33)/b17-10+. The van der Waals surface area contributed by atoms with Crippen LogP contribution in [0, 0.1) is 5.92 Å². The lowest BCUT2D eigenvalue weighted by Gasteiger charge is -2.25. The van der Waals surface area contributed by atoms with Gasteiger partial charge in [0.2, 0.25) is 11.8 Å². The van der Waals surface area contributed by atoms with Crippen molar-refractivity contribution in [3.05, 3.63) is 65.1 Å². The monoisotopic (exact) mass is 539 g/mol. The zero-order valence-electron chi connectivity index (χ0n) is 20.8.